The third-order valence-electron chi connectivity index (χ3n) is 4.33. The average molecular weight is 356 g/mol. The Morgan fingerprint density at radius 3 is 2.65 bits per heavy atom. The summed E-state index contributed by atoms with van der Waals surface area (Å²) >= 11 is 0. The van der Waals surface area contributed by atoms with E-state index in [1.807, 2.05) is 18.2 Å². The Morgan fingerprint density at radius 1 is 1.12 bits per heavy atom. The van der Waals surface area contributed by atoms with Crippen LogP contribution in [0.4, 0.5) is 4.39 Å². The molecule has 0 saturated carbocycles. The number of hydrazone groups is 1. The first-order chi connectivity index (χ1) is 12.6. The van der Waals surface area contributed by atoms with Gasteiger partial charge in [-0.1, -0.05) is 12.1 Å². The van der Waals surface area contributed by atoms with E-state index in [4.69, 9.17) is 9.47 Å². The van der Waals surface area contributed by atoms with Crippen LogP contribution in [0.25, 0.3) is 0 Å². The zero-order valence-corrected chi connectivity index (χ0v) is 14.9. The third kappa shape index (κ3) is 4.02. The van der Waals surface area contributed by atoms with Crippen molar-refractivity contribution in [3.8, 4) is 11.5 Å². The molecule has 2 aromatic carbocycles. The molecule has 0 saturated heterocycles. The van der Waals surface area contributed by atoms with Crippen LogP contribution in [-0.4, -0.2) is 37.4 Å². The fourth-order valence-corrected chi connectivity index (χ4v) is 2.92. The van der Waals surface area contributed by atoms with Crippen molar-refractivity contribution in [1.82, 2.24) is 5.01 Å². The number of hydrogen-bond acceptors (Lipinski definition) is 4. The van der Waals surface area contributed by atoms with E-state index < -0.39 is 5.82 Å². The molecule has 0 aromatic heterocycles. The molecule has 1 amide bonds. The van der Waals surface area contributed by atoms with E-state index in [0.717, 1.165) is 30.5 Å². The predicted molar refractivity (Wildman–Crippen MR) is 97.4 cm³/mol. The average Bonchev–Trinajstić information content (AvgIpc) is 3.14. The van der Waals surface area contributed by atoms with Gasteiger partial charge in [-0.25, -0.2) is 9.40 Å². The molecule has 1 heterocycles. The minimum atomic E-state index is -0.423. The number of halogens is 1. The van der Waals surface area contributed by atoms with E-state index in [9.17, 15) is 9.18 Å². The Kier molecular flexibility index (Phi) is 5.51. The Hall–Kier alpha value is -2.89. The van der Waals surface area contributed by atoms with E-state index in [2.05, 4.69) is 5.10 Å². The third-order valence-corrected chi connectivity index (χ3v) is 4.33. The number of carbonyl (C=O) groups is 1. The molecule has 0 spiro atoms. The predicted octanol–water partition coefficient (Wildman–Crippen LogP) is 3.68. The summed E-state index contributed by atoms with van der Waals surface area (Å²) in [5, 5.41) is 5.82. The SMILES string of the molecule is COc1ccc(CCC2=NN(C(=O)c3cccc(F)c3)CC2)cc1OC. The largest absolute Gasteiger partial charge is 0.493 e. The number of rotatable bonds is 6. The Morgan fingerprint density at radius 2 is 1.92 bits per heavy atom. The van der Waals surface area contributed by atoms with Crippen LogP contribution in [0, 0.1) is 5.82 Å². The molecular weight excluding hydrogens is 335 g/mol. The van der Waals surface area contributed by atoms with E-state index in [1.54, 1.807) is 20.3 Å². The lowest BCUT2D eigenvalue weighted by Crippen LogP contribution is -2.23. The van der Waals surface area contributed by atoms with Gasteiger partial charge in [0.05, 0.1) is 20.8 Å². The molecular formula is C20H21FN2O3. The van der Waals surface area contributed by atoms with Crippen molar-refractivity contribution in [2.24, 2.45) is 5.10 Å². The molecule has 0 atom stereocenters. The second-order valence-electron chi connectivity index (χ2n) is 6.04. The highest BCUT2D eigenvalue weighted by Crippen LogP contribution is 2.28. The number of aryl methyl sites for hydroxylation is 1. The van der Waals surface area contributed by atoms with Crippen molar-refractivity contribution in [3.05, 3.63) is 59.4 Å². The summed E-state index contributed by atoms with van der Waals surface area (Å²) in [5.74, 6) is 0.695. The summed E-state index contributed by atoms with van der Waals surface area (Å²) < 4.78 is 23.8. The van der Waals surface area contributed by atoms with Gasteiger partial charge in [0.2, 0.25) is 0 Å². The zero-order chi connectivity index (χ0) is 18.5. The lowest BCUT2D eigenvalue weighted by atomic mass is 10.1. The van der Waals surface area contributed by atoms with Crippen LogP contribution in [0.3, 0.4) is 0 Å². The van der Waals surface area contributed by atoms with E-state index in [-0.39, 0.29) is 5.91 Å². The van der Waals surface area contributed by atoms with Gasteiger partial charge >= 0.3 is 0 Å². The highest BCUT2D eigenvalue weighted by molar-refractivity contribution is 5.97. The van der Waals surface area contributed by atoms with E-state index in [0.29, 0.717) is 23.6 Å². The topological polar surface area (TPSA) is 51.1 Å². The molecule has 136 valence electrons. The summed E-state index contributed by atoms with van der Waals surface area (Å²) in [6.07, 6.45) is 2.28. The maximum Gasteiger partial charge on any atom is 0.274 e. The molecule has 6 heteroatoms. The van der Waals surface area contributed by atoms with Crippen LogP contribution < -0.4 is 9.47 Å². The van der Waals surface area contributed by atoms with Gasteiger partial charge in [-0.2, -0.15) is 5.10 Å². The standard InChI is InChI=1S/C20H21FN2O3/c1-25-18-9-7-14(12-19(18)26-2)6-8-17-10-11-23(22-17)20(24)15-4-3-5-16(21)13-15/h3-5,7,9,12-13H,6,8,10-11H2,1-2H3. The van der Waals surface area contributed by atoms with Gasteiger partial charge in [-0.05, 0) is 48.7 Å². The zero-order valence-electron chi connectivity index (χ0n) is 14.9. The van der Waals surface area contributed by atoms with Crippen LogP contribution >= 0.6 is 0 Å². The van der Waals surface area contributed by atoms with Crippen molar-refractivity contribution in [2.45, 2.75) is 19.3 Å². The number of methoxy groups -OCH3 is 2. The molecule has 0 radical (unpaired) electrons. The number of hydrogen-bond donors (Lipinski definition) is 0. The molecule has 0 aliphatic carbocycles. The van der Waals surface area contributed by atoms with Gasteiger partial charge in [0.25, 0.3) is 5.91 Å². The second-order valence-corrected chi connectivity index (χ2v) is 6.04. The normalized spacial score (nSPS) is 13.5. The van der Waals surface area contributed by atoms with Crippen molar-refractivity contribution in [1.29, 1.82) is 0 Å². The minimum Gasteiger partial charge on any atom is -0.493 e. The van der Waals surface area contributed by atoms with Crippen molar-refractivity contribution in [3.63, 3.8) is 0 Å². The highest BCUT2D eigenvalue weighted by Gasteiger charge is 2.22. The maximum absolute atomic E-state index is 13.3. The van der Waals surface area contributed by atoms with Gasteiger partial charge in [0.1, 0.15) is 5.82 Å². The number of carbonyl (C=O) groups excluding carboxylic acids is 1. The molecule has 0 unspecified atom stereocenters. The van der Waals surface area contributed by atoms with Gasteiger partial charge in [-0.15, -0.1) is 0 Å². The number of ether oxygens (including phenoxy) is 2. The molecule has 0 bridgehead atoms. The van der Waals surface area contributed by atoms with Gasteiger partial charge in [0.15, 0.2) is 11.5 Å². The van der Waals surface area contributed by atoms with Gasteiger partial charge in [0, 0.05) is 17.7 Å². The summed E-state index contributed by atoms with van der Waals surface area (Å²) in [5.41, 5.74) is 2.39. The maximum atomic E-state index is 13.3. The summed E-state index contributed by atoms with van der Waals surface area (Å²) in [7, 11) is 3.22. The first-order valence-electron chi connectivity index (χ1n) is 8.45. The van der Waals surface area contributed by atoms with E-state index in [1.165, 1.54) is 23.2 Å². The minimum absolute atomic E-state index is 0.273. The molecule has 1 aliphatic heterocycles. The second kappa shape index (κ2) is 7.99. The molecule has 1 aliphatic rings. The Labute approximate surface area is 152 Å². The first kappa shape index (κ1) is 17.9. The Balaban J connectivity index is 1.63. The first-order valence-corrected chi connectivity index (χ1v) is 8.45. The number of benzene rings is 2. The van der Waals surface area contributed by atoms with Crippen LogP contribution in [-0.2, 0) is 6.42 Å². The van der Waals surface area contributed by atoms with E-state index >= 15 is 0 Å². The summed E-state index contributed by atoms with van der Waals surface area (Å²) in [6.45, 7) is 0.524. The summed E-state index contributed by atoms with van der Waals surface area (Å²) in [6, 6.07) is 11.5. The smallest absolute Gasteiger partial charge is 0.274 e. The van der Waals surface area contributed by atoms with Crippen LogP contribution in [0.1, 0.15) is 28.8 Å². The Bertz CT molecular complexity index is 836. The molecule has 3 rings (SSSR count). The molecule has 26 heavy (non-hydrogen) atoms. The lowest BCUT2D eigenvalue weighted by Gasteiger charge is -2.11. The molecule has 0 fully saturated rings. The van der Waals surface area contributed by atoms with Crippen LogP contribution in [0.2, 0.25) is 0 Å². The molecule has 5 nitrogen and oxygen atoms in total. The van der Waals surface area contributed by atoms with Gasteiger partial charge < -0.3 is 9.47 Å². The molecule has 0 N–H and O–H groups in total. The molecule has 2 aromatic rings. The number of nitrogens with zero attached hydrogens (tertiary/aromatic N) is 2. The van der Waals surface area contributed by atoms with Crippen LogP contribution in [0.15, 0.2) is 47.6 Å². The monoisotopic (exact) mass is 356 g/mol. The highest BCUT2D eigenvalue weighted by atomic mass is 19.1. The fraction of sp³-hybridized carbons (Fsp3) is 0.300. The van der Waals surface area contributed by atoms with Gasteiger partial charge in [-0.3, -0.25) is 4.79 Å². The number of amides is 1. The van der Waals surface area contributed by atoms with Crippen molar-refractivity contribution < 1.29 is 18.7 Å². The lowest BCUT2D eigenvalue weighted by molar-refractivity contribution is 0.0777. The van der Waals surface area contributed by atoms with Crippen molar-refractivity contribution >= 4 is 11.6 Å². The van der Waals surface area contributed by atoms with Crippen molar-refractivity contribution in [2.75, 3.05) is 20.8 Å². The summed E-state index contributed by atoms with van der Waals surface area (Å²) in [4.78, 5) is 12.4. The quantitative estimate of drug-likeness (QED) is 0.793. The fourth-order valence-electron chi connectivity index (χ4n) is 2.92. The van der Waals surface area contributed by atoms with Crippen LogP contribution in [0.5, 0.6) is 11.5 Å².